The minimum atomic E-state index is -0.177. The Morgan fingerprint density at radius 2 is 1.73 bits per heavy atom. The summed E-state index contributed by atoms with van der Waals surface area (Å²) >= 11 is 0. The highest BCUT2D eigenvalue weighted by Crippen LogP contribution is 2.27. The summed E-state index contributed by atoms with van der Waals surface area (Å²) < 4.78 is 12.4. The van der Waals surface area contributed by atoms with Crippen molar-refractivity contribution in [3.8, 4) is 11.5 Å². The van der Waals surface area contributed by atoms with Gasteiger partial charge in [0.15, 0.2) is 11.5 Å². The van der Waals surface area contributed by atoms with Gasteiger partial charge in [-0.05, 0) is 41.5 Å². The van der Waals surface area contributed by atoms with Crippen molar-refractivity contribution in [1.29, 1.82) is 0 Å². The second-order valence-electron chi connectivity index (χ2n) is 6.81. The monoisotopic (exact) mass is 402 g/mol. The van der Waals surface area contributed by atoms with Crippen LogP contribution in [0.15, 0.2) is 66.7 Å². The van der Waals surface area contributed by atoms with Crippen LogP contribution in [0.3, 0.4) is 0 Å². The number of carbonyl (C=O) groups is 1. The molecule has 0 aliphatic carbocycles. The molecule has 1 amide bonds. The molecule has 4 aromatic rings. The number of aromatic nitrogens is 3. The molecule has 7 heteroatoms. The summed E-state index contributed by atoms with van der Waals surface area (Å²) in [6.45, 7) is 1.00. The molecule has 0 saturated carbocycles. The molecule has 7 nitrogen and oxygen atoms in total. The standard InChI is InChI=1S/C23H22N4O3/c1-29-21-11-8-17(12-22(21)30-2)14-24-23(28)18-9-10-20-19(13-18)25-26-27(20)15-16-6-4-3-5-7-16/h3-13H,14-15H2,1-2H3,(H,24,28). The molecule has 0 fully saturated rings. The summed E-state index contributed by atoms with van der Waals surface area (Å²) in [6, 6.07) is 21.0. The zero-order chi connectivity index (χ0) is 20.9. The molecule has 1 heterocycles. The molecular formula is C23H22N4O3. The third kappa shape index (κ3) is 4.10. The number of rotatable bonds is 7. The van der Waals surface area contributed by atoms with E-state index in [4.69, 9.17) is 9.47 Å². The first kappa shape index (κ1) is 19.4. The van der Waals surface area contributed by atoms with Gasteiger partial charge in [0.1, 0.15) is 5.52 Å². The van der Waals surface area contributed by atoms with E-state index in [1.54, 1.807) is 26.4 Å². The predicted octanol–water partition coefficient (Wildman–Crippen LogP) is 3.43. The molecular weight excluding hydrogens is 380 g/mol. The predicted molar refractivity (Wildman–Crippen MR) is 114 cm³/mol. The van der Waals surface area contributed by atoms with Crippen molar-refractivity contribution in [2.24, 2.45) is 0 Å². The lowest BCUT2D eigenvalue weighted by Crippen LogP contribution is -2.22. The van der Waals surface area contributed by atoms with Crippen LogP contribution in [0.4, 0.5) is 0 Å². The summed E-state index contributed by atoms with van der Waals surface area (Å²) in [5.74, 6) is 1.10. The quantitative estimate of drug-likeness (QED) is 0.512. The lowest BCUT2D eigenvalue weighted by molar-refractivity contribution is 0.0951. The number of hydrogen-bond acceptors (Lipinski definition) is 5. The lowest BCUT2D eigenvalue weighted by atomic mass is 10.1. The van der Waals surface area contributed by atoms with Gasteiger partial charge in [0.2, 0.25) is 0 Å². The van der Waals surface area contributed by atoms with Gasteiger partial charge in [-0.15, -0.1) is 5.10 Å². The van der Waals surface area contributed by atoms with Crippen molar-refractivity contribution in [3.63, 3.8) is 0 Å². The van der Waals surface area contributed by atoms with E-state index in [-0.39, 0.29) is 5.91 Å². The van der Waals surface area contributed by atoms with Gasteiger partial charge in [0.25, 0.3) is 5.91 Å². The van der Waals surface area contributed by atoms with Crippen LogP contribution in [-0.2, 0) is 13.1 Å². The second kappa shape index (κ2) is 8.65. The number of hydrogen-bond donors (Lipinski definition) is 1. The fraction of sp³-hybridized carbons (Fsp3) is 0.174. The Morgan fingerprint density at radius 3 is 2.50 bits per heavy atom. The van der Waals surface area contributed by atoms with Crippen molar-refractivity contribution >= 4 is 16.9 Å². The molecule has 0 aliphatic rings. The van der Waals surface area contributed by atoms with E-state index in [1.165, 1.54) is 0 Å². The Hall–Kier alpha value is -3.87. The molecule has 0 radical (unpaired) electrons. The summed E-state index contributed by atoms with van der Waals surface area (Å²) in [7, 11) is 3.17. The van der Waals surface area contributed by atoms with E-state index in [0.29, 0.717) is 35.7 Å². The number of methoxy groups -OCH3 is 2. The highest BCUT2D eigenvalue weighted by atomic mass is 16.5. The first-order chi connectivity index (χ1) is 14.7. The van der Waals surface area contributed by atoms with Crippen LogP contribution in [0.5, 0.6) is 11.5 Å². The summed E-state index contributed by atoms with van der Waals surface area (Å²) in [5, 5.41) is 11.4. The van der Waals surface area contributed by atoms with E-state index >= 15 is 0 Å². The molecule has 0 unspecified atom stereocenters. The molecule has 3 aromatic carbocycles. The van der Waals surface area contributed by atoms with Gasteiger partial charge in [0, 0.05) is 12.1 Å². The SMILES string of the molecule is COc1ccc(CNC(=O)c2ccc3c(c2)nnn3Cc2ccccc2)cc1OC. The van der Waals surface area contributed by atoms with Gasteiger partial charge >= 0.3 is 0 Å². The van der Waals surface area contributed by atoms with Gasteiger partial charge in [-0.1, -0.05) is 41.6 Å². The minimum Gasteiger partial charge on any atom is -0.493 e. The minimum absolute atomic E-state index is 0.177. The van der Waals surface area contributed by atoms with Crippen molar-refractivity contribution in [3.05, 3.63) is 83.4 Å². The number of benzene rings is 3. The van der Waals surface area contributed by atoms with Crippen LogP contribution < -0.4 is 14.8 Å². The Labute approximate surface area is 174 Å². The molecule has 0 bridgehead atoms. The van der Waals surface area contributed by atoms with Crippen LogP contribution in [0, 0.1) is 0 Å². The number of nitrogens with zero attached hydrogens (tertiary/aromatic N) is 3. The van der Waals surface area contributed by atoms with Gasteiger partial charge in [-0.3, -0.25) is 4.79 Å². The maximum absolute atomic E-state index is 12.6. The summed E-state index contributed by atoms with van der Waals surface area (Å²) in [4.78, 5) is 12.6. The average Bonchev–Trinajstić information content (AvgIpc) is 3.19. The number of nitrogens with one attached hydrogen (secondary N) is 1. The fourth-order valence-corrected chi connectivity index (χ4v) is 3.26. The molecule has 1 aromatic heterocycles. The van der Waals surface area contributed by atoms with Crippen molar-refractivity contribution in [2.75, 3.05) is 14.2 Å². The van der Waals surface area contributed by atoms with Crippen molar-refractivity contribution < 1.29 is 14.3 Å². The summed E-state index contributed by atoms with van der Waals surface area (Å²) in [5.41, 5.74) is 4.16. The average molecular weight is 402 g/mol. The Balaban J connectivity index is 1.46. The topological polar surface area (TPSA) is 78.3 Å². The Kier molecular flexibility index (Phi) is 5.61. The Morgan fingerprint density at radius 1 is 0.933 bits per heavy atom. The largest absolute Gasteiger partial charge is 0.493 e. The fourth-order valence-electron chi connectivity index (χ4n) is 3.26. The van der Waals surface area contributed by atoms with Crippen LogP contribution in [0.1, 0.15) is 21.5 Å². The van der Waals surface area contributed by atoms with Crippen LogP contribution in [0.25, 0.3) is 11.0 Å². The molecule has 0 aliphatic heterocycles. The molecule has 1 N–H and O–H groups in total. The first-order valence-corrected chi connectivity index (χ1v) is 9.54. The number of amides is 1. The smallest absolute Gasteiger partial charge is 0.251 e. The van der Waals surface area contributed by atoms with Gasteiger partial charge in [0.05, 0.1) is 26.3 Å². The Bertz CT molecular complexity index is 1170. The van der Waals surface area contributed by atoms with E-state index in [0.717, 1.165) is 16.6 Å². The lowest BCUT2D eigenvalue weighted by Gasteiger charge is -2.10. The maximum atomic E-state index is 12.6. The van der Waals surface area contributed by atoms with Crippen molar-refractivity contribution in [1.82, 2.24) is 20.3 Å². The maximum Gasteiger partial charge on any atom is 0.251 e. The molecule has 30 heavy (non-hydrogen) atoms. The highest BCUT2D eigenvalue weighted by Gasteiger charge is 2.11. The van der Waals surface area contributed by atoms with Crippen molar-refractivity contribution in [2.45, 2.75) is 13.1 Å². The van der Waals surface area contributed by atoms with E-state index in [2.05, 4.69) is 15.6 Å². The van der Waals surface area contributed by atoms with Gasteiger partial charge in [-0.2, -0.15) is 0 Å². The van der Waals surface area contributed by atoms with Crippen LogP contribution >= 0.6 is 0 Å². The zero-order valence-electron chi connectivity index (χ0n) is 16.8. The van der Waals surface area contributed by atoms with Crippen LogP contribution in [0.2, 0.25) is 0 Å². The second-order valence-corrected chi connectivity index (χ2v) is 6.81. The summed E-state index contributed by atoms with van der Waals surface area (Å²) in [6.07, 6.45) is 0. The molecule has 152 valence electrons. The highest BCUT2D eigenvalue weighted by molar-refractivity contribution is 5.97. The molecule has 0 atom stereocenters. The van der Waals surface area contributed by atoms with E-state index in [9.17, 15) is 4.79 Å². The number of fused-ring (bicyclic) bond motifs is 1. The zero-order valence-corrected chi connectivity index (χ0v) is 16.8. The normalized spacial score (nSPS) is 10.7. The number of ether oxygens (including phenoxy) is 2. The van der Waals surface area contributed by atoms with Gasteiger partial charge < -0.3 is 14.8 Å². The van der Waals surface area contributed by atoms with Gasteiger partial charge in [-0.25, -0.2) is 4.68 Å². The van der Waals surface area contributed by atoms with Crippen LogP contribution in [-0.4, -0.2) is 35.1 Å². The molecule has 0 saturated heterocycles. The van der Waals surface area contributed by atoms with E-state index in [1.807, 2.05) is 59.3 Å². The first-order valence-electron chi connectivity index (χ1n) is 9.54. The molecule has 4 rings (SSSR count). The molecule has 0 spiro atoms. The number of carbonyl (C=O) groups excluding carboxylic acids is 1. The third-order valence-corrected chi connectivity index (χ3v) is 4.85. The van der Waals surface area contributed by atoms with E-state index < -0.39 is 0 Å². The third-order valence-electron chi connectivity index (χ3n) is 4.85.